The van der Waals surface area contributed by atoms with E-state index in [0.717, 1.165) is 12.8 Å². The van der Waals surface area contributed by atoms with Gasteiger partial charge < -0.3 is 15.2 Å². The predicted octanol–water partition coefficient (Wildman–Crippen LogP) is 9.51. The average molecular weight is 666 g/mol. The Hall–Kier alpha value is -2.76. The van der Waals surface area contributed by atoms with Gasteiger partial charge in [-0.1, -0.05) is 37.6 Å². The van der Waals surface area contributed by atoms with Crippen LogP contribution in [0.25, 0.3) is 9.81 Å². The van der Waals surface area contributed by atoms with E-state index in [0.29, 0.717) is 58.6 Å². The van der Waals surface area contributed by atoms with Crippen LogP contribution in [0.3, 0.4) is 0 Å². The first-order chi connectivity index (χ1) is 21.2. The molecule has 2 N–H and O–H groups in total. The lowest BCUT2D eigenvalue weighted by Crippen LogP contribution is -2.48. The van der Waals surface area contributed by atoms with E-state index in [-0.39, 0.29) is 11.1 Å². The third-order valence-corrected chi connectivity index (χ3v) is 12.3. The second-order valence-corrected chi connectivity index (χ2v) is 14.8. The number of ether oxygens (including phenoxy) is 2. The Bertz CT molecular complexity index is 1510. The zero-order valence-corrected chi connectivity index (χ0v) is 26.6. The molecule has 2 atom stereocenters. The van der Waals surface area contributed by atoms with E-state index in [2.05, 4.69) is 6.92 Å². The standard InChI is InChI=1S/C34H33F6NO2S2/c1-4-5-16-42-22-11-7-20(8-12-22)26-18-24-28-29(33(37,38)34(39,40)32(28,35)36)25-19-27(45-31(25,3)30(24,2)44-26)21-9-13-23(14-10-21)43-17-6-15-41/h7-14,18-19H,4-6,15-17,41H2,1-3H3/t30-,31-/m1/s1. The Kier molecular flexibility index (Phi) is 8.01. The summed E-state index contributed by atoms with van der Waals surface area (Å²) in [5, 5.41) is 0. The molecule has 3 nitrogen and oxygen atoms in total. The first-order valence-electron chi connectivity index (χ1n) is 14.8. The van der Waals surface area contributed by atoms with Crippen LogP contribution in [0.5, 0.6) is 11.5 Å². The molecule has 240 valence electrons. The van der Waals surface area contributed by atoms with Crippen molar-refractivity contribution in [1.29, 1.82) is 0 Å². The highest BCUT2D eigenvalue weighted by molar-refractivity contribution is 8.14. The number of alkyl halides is 6. The molecular formula is C34H33F6NO2S2. The van der Waals surface area contributed by atoms with E-state index in [9.17, 15) is 0 Å². The van der Waals surface area contributed by atoms with Crippen molar-refractivity contribution in [2.75, 3.05) is 19.8 Å². The summed E-state index contributed by atoms with van der Waals surface area (Å²) in [6.45, 7) is 6.87. The quantitative estimate of drug-likeness (QED) is 0.202. The molecule has 0 saturated heterocycles. The molecule has 45 heavy (non-hydrogen) atoms. The summed E-state index contributed by atoms with van der Waals surface area (Å²) < 4.78 is 102. The summed E-state index contributed by atoms with van der Waals surface area (Å²) in [4.78, 5) is 1.05. The fourth-order valence-corrected chi connectivity index (χ4v) is 9.37. The third kappa shape index (κ3) is 4.70. The maximum absolute atomic E-state index is 15.6. The first kappa shape index (κ1) is 32.2. The second-order valence-electron chi connectivity index (χ2n) is 11.8. The molecule has 0 amide bonds. The highest BCUT2D eigenvalue weighted by atomic mass is 32.2. The van der Waals surface area contributed by atoms with Gasteiger partial charge in [0.1, 0.15) is 11.5 Å². The normalized spacial score (nSPS) is 27.2. The molecule has 0 radical (unpaired) electrons. The van der Waals surface area contributed by atoms with Crippen LogP contribution in [0.15, 0.2) is 83.0 Å². The van der Waals surface area contributed by atoms with Crippen molar-refractivity contribution >= 4 is 33.3 Å². The summed E-state index contributed by atoms with van der Waals surface area (Å²) in [5.41, 5.74) is 3.88. The van der Waals surface area contributed by atoms with Crippen molar-refractivity contribution in [3.63, 3.8) is 0 Å². The molecule has 1 saturated carbocycles. The van der Waals surface area contributed by atoms with Gasteiger partial charge in [-0.2, -0.15) is 26.3 Å². The van der Waals surface area contributed by atoms with Gasteiger partial charge in [-0.15, -0.1) is 23.5 Å². The monoisotopic (exact) mass is 665 g/mol. The molecule has 2 aromatic carbocycles. The van der Waals surface area contributed by atoms with Crippen LogP contribution in [-0.4, -0.2) is 47.0 Å². The van der Waals surface area contributed by atoms with Gasteiger partial charge in [0, 0.05) is 21.0 Å². The van der Waals surface area contributed by atoms with Crippen LogP contribution < -0.4 is 15.2 Å². The highest BCUT2D eigenvalue weighted by Gasteiger charge is 2.84. The van der Waals surface area contributed by atoms with E-state index in [1.807, 2.05) is 0 Å². The zero-order valence-electron chi connectivity index (χ0n) is 25.0. The van der Waals surface area contributed by atoms with E-state index in [1.165, 1.54) is 35.7 Å². The average Bonchev–Trinajstić information content (AvgIpc) is 3.58. The molecule has 1 fully saturated rings. The zero-order chi connectivity index (χ0) is 32.4. The SMILES string of the molecule is CCCCOc1ccc(C2=CC3=C4C(=C5C=C(c6ccc(OCCCN)cc6)S[C@@]5(C)[C@]3(C)S2)C(F)(F)C(F)(F)C4(F)F)cc1. The van der Waals surface area contributed by atoms with Crippen molar-refractivity contribution in [3.05, 3.63) is 94.1 Å². The number of fused-ring (bicyclic) bond motifs is 4. The van der Waals surface area contributed by atoms with Gasteiger partial charge in [0.25, 0.3) is 0 Å². The van der Waals surface area contributed by atoms with Gasteiger partial charge in [-0.25, -0.2) is 0 Å². The lowest BCUT2D eigenvalue weighted by molar-refractivity contribution is -0.258. The molecule has 2 aliphatic heterocycles. The van der Waals surface area contributed by atoms with Crippen LogP contribution >= 0.6 is 23.5 Å². The summed E-state index contributed by atoms with van der Waals surface area (Å²) in [6.07, 6.45) is 5.31. The molecule has 0 aromatic heterocycles. The Labute approximate surface area is 267 Å². The van der Waals surface area contributed by atoms with Gasteiger partial charge in [-0.3, -0.25) is 0 Å². The summed E-state index contributed by atoms with van der Waals surface area (Å²) >= 11 is 2.46. The second kappa shape index (κ2) is 11.2. The van der Waals surface area contributed by atoms with E-state index < -0.39 is 38.4 Å². The number of hydrogen-bond acceptors (Lipinski definition) is 5. The smallest absolute Gasteiger partial charge is 0.380 e. The van der Waals surface area contributed by atoms with Gasteiger partial charge in [0.2, 0.25) is 0 Å². The maximum atomic E-state index is 15.6. The minimum atomic E-state index is -5.60. The fourth-order valence-electron chi connectivity index (χ4n) is 6.23. The van der Waals surface area contributed by atoms with Gasteiger partial charge in [0.05, 0.1) is 22.7 Å². The molecule has 2 heterocycles. The van der Waals surface area contributed by atoms with Gasteiger partial charge in [-0.05, 0) is 91.9 Å². The number of hydrogen-bond donors (Lipinski definition) is 1. The number of nitrogens with two attached hydrogens (primary N) is 1. The Balaban J connectivity index is 1.45. The largest absolute Gasteiger partial charge is 0.494 e. The first-order valence-corrected chi connectivity index (χ1v) is 16.5. The number of thioether (sulfide) groups is 2. The number of unbranched alkanes of at least 4 members (excludes halogenated alkanes) is 1. The molecule has 2 aliphatic carbocycles. The molecule has 6 rings (SSSR count). The predicted molar refractivity (Wildman–Crippen MR) is 169 cm³/mol. The van der Waals surface area contributed by atoms with Crippen molar-refractivity contribution in [1.82, 2.24) is 0 Å². The van der Waals surface area contributed by atoms with Crippen LogP contribution in [0, 0.1) is 0 Å². The lowest BCUT2D eigenvalue weighted by Gasteiger charge is -2.47. The molecule has 4 aliphatic rings. The van der Waals surface area contributed by atoms with E-state index in [4.69, 9.17) is 15.2 Å². The minimum absolute atomic E-state index is 0.195. The number of rotatable bonds is 10. The van der Waals surface area contributed by atoms with Crippen LogP contribution in [0.1, 0.15) is 51.2 Å². The van der Waals surface area contributed by atoms with E-state index >= 15 is 26.3 Å². The van der Waals surface area contributed by atoms with Crippen molar-refractivity contribution < 1.29 is 35.8 Å². The van der Waals surface area contributed by atoms with Crippen molar-refractivity contribution in [2.45, 2.75) is 67.3 Å². The van der Waals surface area contributed by atoms with Crippen molar-refractivity contribution in [3.8, 4) is 11.5 Å². The summed E-state index contributed by atoms with van der Waals surface area (Å²) in [5.74, 6) is -14.5. The van der Waals surface area contributed by atoms with Gasteiger partial charge in [0.15, 0.2) is 0 Å². The fraction of sp³-hybridized carbons (Fsp3) is 0.412. The molecule has 0 spiro atoms. The highest BCUT2D eigenvalue weighted by Crippen LogP contribution is 2.75. The van der Waals surface area contributed by atoms with Gasteiger partial charge >= 0.3 is 17.8 Å². The Morgan fingerprint density at radius 2 is 1.04 bits per heavy atom. The molecule has 0 bridgehead atoms. The Morgan fingerprint density at radius 3 is 1.42 bits per heavy atom. The van der Waals surface area contributed by atoms with E-state index in [1.54, 1.807) is 62.4 Å². The van der Waals surface area contributed by atoms with Crippen LogP contribution in [0.4, 0.5) is 26.3 Å². The number of benzene rings is 2. The topological polar surface area (TPSA) is 44.5 Å². The summed E-state index contributed by atoms with van der Waals surface area (Å²) in [7, 11) is 0. The van der Waals surface area contributed by atoms with Crippen LogP contribution in [-0.2, 0) is 0 Å². The van der Waals surface area contributed by atoms with Crippen molar-refractivity contribution in [2.24, 2.45) is 5.73 Å². The minimum Gasteiger partial charge on any atom is -0.494 e. The Morgan fingerprint density at radius 1 is 0.644 bits per heavy atom. The molecular weight excluding hydrogens is 633 g/mol. The maximum Gasteiger partial charge on any atom is 0.380 e. The molecule has 11 heteroatoms. The number of halogens is 6. The molecule has 0 unspecified atom stereocenters. The van der Waals surface area contributed by atoms with Crippen LogP contribution in [0.2, 0.25) is 0 Å². The molecule has 2 aromatic rings. The number of allylic oxidation sites excluding steroid dienone is 4. The summed E-state index contributed by atoms with van der Waals surface area (Å²) in [6, 6.07) is 14.0. The lowest BCUT2D eigenvalue weighted by atomic mass is 9.71. The third-order valence-electron chi connectivity index (χ3n) is 8.98.